The third-order valence-electron chi connectivity index (χ3n) is 6.48. The Morgan fingerprint density at radius 1 is 1.06 bits per heavy atom. The predicted octanol–water partition coefficient (Wildman–Crippen LogP) is 3.88. The quantitative estimate of drug-likeness (QED) is 0.403. The SMILES string of the molecule is Cn1ccc(-c2nc(N)c(C(=O)NC3CCCc4ncccc43)nc2-c2ccc3ncccc3c2)n1. The van der Waals surface area contributed by atoms with Crippen molar-refractivity contribution in [1.82, 2.24) is 35.0 Å². The van der Waals surface area contributed by atoms with Gasteiger partial charge in [-0.1, -0.05) is 18.2 Å². The highest BCUT2D eigenvalue weighted by Crippen LogP contribution is 2.32. The summed E-state index contributed by atoms with van der Waals surface area (Å²) >= 11 is 0. The summed E-state index contributed by atoms with van der Waals surface area (Å²) in [6, 6.07) is 15.3. The lowest BCUT2D eigenvalue weighted by Crippen LogP contribution is -2.32. The number of nitrogens with two attached hydrogens (primary N) is 1. The van der Waals surface area contributed by atoms with Gasteiger partial charge < -0.3 is 11.1 Å². The van der Waals surface area contributed by atoms with Gasteiger partial charge in [0, 0.05) is 42.3 Å². The fourth-order valence-electron chi connectivity index (χ4n) is 4.74. The zero-order valence-electron chi connectivity index (χ0n) is 19.7. The van der Waals surface area contributed by atoms with Crippen molar-refractivity contribution in [2.75, 3.05) is 5.73 Å². The van der Waals surface area contributed by atoms with Gasteiger partial charge >= 0.3 is 0 Å². The topological polar surface area (TPSA) is 124 Å². The number of carbonyl (C=O) groups excluding carboxylic acids is 1. The van der Waals surface area contributed by atoms with Crippen molar-refractivity contribution in [2.45, 2.75) is 25.3 Å². The van der Waals surface area contributed by atoms with Crippen LogP contribution in [0, 0.1) is 0 Å². The fourth-order valence-corrected chi connectivity index (χ4v) is 4.74. The van der Waals surface area contributed by atoms with Crippen LogP contribution < -0.4 is 11.1 Å². The molecule has 0 spiro atoms. The lowest BCUT2D eigenvalue weighted by atomic mass is 9.91. The van der Waals surface area contributed by atoms with E-state index in [4.69, 9.17) is 10.7 Å². The van der Waals surface area contributed by atoms with Gasteiger partial charge in [0.25, 0.3) is 5.91 Å². The Labute approximate surface area is 207 Å². The first-order valence-electron chi connectivity index (χ1n) is 11.8. The van der Waals surface area contributed by atoms with E-state index in [0.717, 1.165) is 47.0 Å². The Hall–Kier alpha value is -4.66. The van der Waals surface area contributed by atoms with Gasteiger partial charge in [-0.05, 0) is 55.2 Å². The Morgan fingerprint density at radius 3 is 2.78 bits per heavy atom. The van der Waals surface area contributed by atoms with Crippen LogP contribution in [0.1, 0.15) is 40.6 Å². The highest BCUT2D eigenvalue weighted by atomic mass is 16.2. The molecule has 3 N–H and O–H groups in total. The number of rotatable bonds is 4. The van der Waals surface area contributed by atoms with Crippen LogP contribution in [0.4, 0.5) is 5.82 Å². The van der Waals surface area contributed by atoms with Crippen molar-refractivity contribution >= 4 is 22.6 Å². The minimum Gasteiger partial charge on any atom is -0.382 e. The molecule has 4 aromatic heterocycles. The first-order valence-corrected chi connectivity index (χ1v) is 11.8. The fraction of sp³-hybridized carbons (Fsp3) is 0.185. The summed E-state index contributed by atoms with van der Waals surface area (Å²) in [5, 5.41) is 8.57. The lowest BCUT2D eigenvalue weighted by Gasteiger charge is -2.25. The van der Waals surface area contributed by atoms with Gasteiger partial charge in [0.1, 0.15) is 11.4 Å². The van der Waals surface area contributed by atoms with E-state index in [-0.39, 0.29) is 23.5 Å². The number of nitrogen functional groups attached to an aromatic ring is 1. The van der Waals surface area contributed by atoms with Crippen LogP contribution in [0.15, 0.2) is 67.1 Å². The zero-order chi connectivity index (χ0) is 24.6. The maximum absolute atomic E-state index is 13.4. The van der Waals surface area contributed by atoms with E-state index in [1.165, 1.54) is 0 Å². The third-order valence-corrected chi connectivity index (χ3v) is 6.48. The minimum atomic E-state index is -0.363. The van der Waals surface area contributed by atoms with E-state index < -0.39 is 0 Å². The van der Waals surface area contributed by atoms with Crippen LogP contribution in [0.3, 0.4) is 0 Å². The molecule has 0 fully saturated rings. The molecule has 0 saturated carbocycles. The van der Waals surface area contributed by atoms with E-state index in [1.54, 1.807) is 17.1 Å². The van der Waals surface area contributed by atoms with Crippen molar-refractivity contribution in [1.29, 1.82) is 0 Å². The second-order valence-electron chi connectivity index (χ2n) is 8.90. The molecule has 4 heterocycles. The maximum atomic E-state index is 13.4. The Bertz CT molecular complexity index is 1610. The molecule has 1 unspecified atom stereocenters. The van der Waals surface area contributed by atoms with E-state index in [2.05, 4.69) is 25.4 Å². The van der Waals surface area contributed by atoms with Crippen molar-refractivity contribution in [2.24, 2.45) is 7.05 Å². The Balaban J connectivity index is 1.44. The summed E-state index contributed by atoms with van der Waals surface area (Å²) in [7, 11) is 1.83. The van der Waals surface area contributed by atoms with Gasteiger partial charge in [0.2, 0.25) is 0 Å². The predicted molar refractivity (Wildman–Crippen MR) is 137 cm³/mol. The Kier molecular flexibility index (Phi) is 5.37. The average Bonchev–Trinajstić information content (AvgIpc) is 3.34. The van der Waals surface area contributed by atoms with E-state index >= 15 is 0 Å². The number of aryl methyl sites for hydroxylation is 2. The molecular weight excluding hydrogens is 452 g/mol. The molecule has 1 aromatic carbocycles. The van der Waals surface area contributed by atoms with Crippen LogP contribution >= 0.6 is 0 Å². The number of hydrogen-bond acceptors (Lipinski definition) is 7. The second-order valence-corrected chi connectivity index (χ2v) is 8.90. The molecule has 6 rings (SSSR count). The van der Waals surface area contributed by atoms with Crippen LogP contribution in [0.2, 0.25) is 0 Å². The van der Waals surface area contributed by atoms with Crippen LogP contribution in [0.25, 0.3) is 33.5 Å². The van der Waals surface area contributed by atoms with E-state index in [1.807, 2.05) is 61.8 Å². The van der Waals surface area contributed by atoms with E-state index in [9.17, 15) is 4.79 Å². The smallest absolute Gasteiger partial charge is 0.274 e. The highest BCUT2D eigenvalue weighted by molar-refractivity contribution is 5.98. The van der Waals surface area contributed by atoms with Gasteiger partial charge in [-0.2, -0.15) is 5.10 Å². The van der Waals surface area contributed by atoms with Gasteiger partial charge in [-0.3, -0.25) is 19.4 Å². The molecule has 0 bridgehead atoms. The average molecular weight is 477 g/mol. The van der Waals surface area contributed by atoms with Crippen LogP contribution in [0.5, 0.6) is 0 Å². The molecule has 9 nitrogen and oxygen atoms in total. The molecule has 0 saturated heterocycles. The molecular formula is C27H24N8O. The summed E-state index contributed by atoms with van der Waals surface area (Å²) in [4.78, 5) is 31.7. The molecule has 1 aliphatic rings. The van der Waals surface area contributed by atoms with Crippen LogP contribution in [-0.2, 0) is 13.5 Å². The summed E-state index contributed by atoms with van der Waals surface area (Å²) < 4.78 is 1.69. The number of nitrogens with one attached hydrogen (secondary N) is 1. The molecule has 9 heteroatoms. The largest absolute Gasteiger partial charge is 0.382 e. The van der Waals surface area contributed by atoms with Crippen molar-refractivity contribution < 1.29 is 4.79 Å². The molecule has 1 atom stereocenters. The number of carbonyl (C=O) groups is 1. The zero-order valence-corrected chi connectivity index (χ0v) is 19.7. The normalized spacial score (nSPS) is 15.0. The van der Waals surface area contributed by atoms with Crippen molar-refractivity contribution in [3.05, 3.63) is 84.1 Å². The van der Waals surface area contributed by atoms with Gasteiger partial charge in [-0.25, -0.2) is 9.97 Å². The molecule has 178 valence electrons. The van der Waals surface area contributed by atoms with E-state index in [0.29, 0.717) is 17.1 Å². The first kappa shape index (κ1) is 21.8. The summed E-state index contributed by atoms with van der Waals surface area (Å²) in [5.74, 6) is -0.306. The van der Waals surface area contributed by atoms with Crippen LogP contribution in [-0.4, -0.2) is 35.6 Å². The Morgan fingerprint density at radius 2 is 1.92 bits per heavy atom. The molecule has 0 radical (unpaired) electrons. The summed E-state index contributed by atoms with van der Waals surface area (Å²) in [6.07, 6.45) is 8.06. The third kappa shape index (κ3) is 3.94. The molecule has 36 heavy (non-hydrogen) atoms. The van der Waals surface area contributed by atoms with Gasteiger partial charge in [0.15, 0.2) is 11.5 Å². The van der Waals surface area contributed by atoms with Crippen molar-refractivity contribution in [3.8, 4) is 22.6 Å². The number of pyridine rings is 2. The number of amides is 1. The number of hydrogen-bond donors (Lipinski definition) is 2. The molecule has 1 aliphatic carbocycles. The highest BCUT2D eigenvalue weighted by Gasteiger charge is 2.26. The molecule has 0 aliphatic heterocycles. The number of fused-ring (bicyclic) bond motifs is 2. The first-order chi connectivity index (χ1) is 17.6. The second kappa shape index (κ2) is 8.84. The number of nitrogens with zero attached hydrogens (tertiary/aromatic N) is 6. The minimum absolute atomic E-state index is 0.0570. The summed E-state index contributed by atoms with van der Waals surface area (Å²) in [5.41, 5.74) is 11.8. The summed E-state index contributed by atoms with van der Waals surface area (Å²) in [6.45, 7) is 0. The van der Waals surface area contributed by atoms with Gasteiger partial charge in [-0.15, -0.1) is 0 Å². The van der Waals surface area contributed by atoms with Crippen molar-refractivity contribution in [3.63, 3.8) is 0 Å². The number of benzene rings is 1. The number of anilines is 1. The molecule has 5 aromatic rings. The lowest BCUT2D eigenvalue weighted by molar-refractivity contribution is 0.0928. The number of aromatic nitrogens is 6. The maximum Gasteiger partial charge on any atom is 0.274 e. The standard InChI is InChI=1S/C27H24N8O/c1-35-14-11-22(34-35)24-23(17-9-10-19-16(15-17)5-3-12-29-19)32-25(26(28)33-24)27(36)31-21-8-2-7-20-18(21)6-4-13-30-20/h3-6,9-15,21H,2,7-8H2,1H3,(H2,28,33)(H,31,36). The van der Waals surface area contributed by atoms with Gasteiger partial charge in [0.05, 0.1) is 17.3 Å². The monoisotopic (exact) mass is 476 g/mol. The molecule has 1 amide bonds.